The van der Waals surface area contributed by atoms with Gasteiger partial charge in [-0.3, -0.25) is 0 Å². The van der Waals surface area contributed by atoms with Gasteiger partial charge in [0, 0.05) is 33.1 Å². The Bertz CT molecular complexity index is 2530. The van der Waals surface area contributed by atoms with Crippen molar-refractivity contribution >= 4 is 49.6 Å². The Balaban J connectivity index is 1.38. The highest BCUT2D eigenvalue weighted by molar-refractivity contribution is 6.24. The molecule has 226 valence electrons. The molecule has 2 nitrogen and oxygen atoms in total. The van der Waals surface area contributed by atoms with E-state index in [1.165, 1.54) is 54.8 Å². The number of fused-ring (bicyclic) bond motifs is 5. The Hall–Kier alpha value is -6.38. The van der Waals surface area contributed by atoms with Crippen LogP contribution in [0.5, 0.6) is 0 Å². The van der Waals surface area contributed by atoms with Crippen molar-refractivity contribution in [3.05, 3.63) is 194 Å². The van der Waals surface area contributed by atoms with Gasteiger partial charge in [0.25, 0.3) is 0 Å². The molecule has 1 aromatic heterocycles. The fraction of sp³-hybridized carbons (Fsp3) is 0. The number of nitrogens with zero attached hydrogens (tertiary/aromatic N) is 2. The van der Waals surface area contributed by atoms with E-state index in [0.717, 1.165) is 22.7 Å². The summed E-state index contributed by atoms with van der Waals surface area (Å²) in [4.78, 5) is 2.45. The van der Waals surface area contributed by atoms with Crippen molar-refractivity contribution in [2.75, 3.05) is 4.90 Å². The number of anilines is 3. The lowest BCUT2D eigenvalue weighted by atomic mass is 9.98. The molecule has 0 bridgehead atoms. The van der Waals surface area contributed by atoms with E-state index < -0.39 is 0 Å². The first-order valence-electron chi connectivity index (χ1n) is 16.5. The summed E-state index contributed by atoms with van der Waals surface area (Å²) in [5, 5.41) is 4.96. The maximum Gasteiger partial charge on any atom is 0.0568 e. The molecule has 9 rings (SSSR count). The molecule has 2 heteroatoms. The number of para-hydroxylation sites is 3. The number of hydrogen-bond acceptors (Lipinski definition) is 1. The SMILES string of the molecule is c1ccc(-c2ccc(N(c3ccccc3-c3ccccc3)c3cc4c(c5ccccc35)c3ccccc3n4-c3ccccc3)cc2)cc1. The third-order valence-electron chi connectivity index (χ3n) is 9.37. The van der Waals surface area contributed by atoms with E-state index in [2.05, 4.69) is 204 Å². The summed E-state index contributed by atoms with van der Waals surface area (Å²) in [5.74, 6) is 0. The number of benzene rings is 8. The summed E-state index contributed by atoms with van der Waals surface area (Å²) in [6.45, 7) is 0. The van der Waals surface area contributed by atoms with Crippen LogP contribution in [-0.2, 0) is 0 Å². The zero-order valence-electron chi connectivity index (χ0n) is 26.4. The highest BCUT2D eigenvalue weighted by atomic mass is 15.1. The molecule has 9 aromatic rings. The van der Waals surface area contributed by atoms with E-state index in [1.54, 1.807) is 0 Å². The van der Waals surface area contributed by atoms with E-state index in [9.17, 15) is 0 Å². The van der Waals surface area contributed by atoms with Crippen LogP contribution in [0.4, 0.5) is 17.1 Å². The first-order chi connectivity index (χ1) is 23.8. The first kappa shape index (κ1) is 27.9. The van der Waals surface area contributed by atoms with Gasteiger partial charge in [-0.15, -0.1) is 0 Å². The summed E-state index contributed by atoms with van der Waals surface area (Å²) in [7, 11) is 0. The standard InChI is InChI=1S/C46H32N2/c1-4-16-33(17-5-1)34-28-30-37(31-29-34)47(42-26-14-12-22-38(42)35-18-6-2-7-19-35)44-32-45-46(40-24-11-10-23-39(40)44)41-25-13-15-27-43(41)48(45)36-20-8-3-9-21-36/h1-32H. The van der Waals surface area contributed by atoms with Gasteiger partial charge in [-0.2, -0.15) is 0 Å². The van der Waals surface area contributed by atoms with Crippen molar-refractivity contribution in [2.24, 2.45) is 0 Å². The van der Waals surface area contributed by atoms with Crippen molar-refractivity contribution < 1.29 is 0 Å². The normalized spacial score (nSPS) is 11.3. The number of aromatic nitrogens is 1. The largest absolute Gasteiger partial charge is 0.309 e. The van der Waals surface area contributed by atoms with Crippen LogP contribution in [0.25, 0.3) is 60.5 Å². The molecule has 0 saturated carbocycles. The predicted molar refractivity (Wildman–Crippen MR) is 204 cm³/mol. The van der Waals surface area contributed by atoms with Crippen molar-refractivity contribution in [1.82, 2.24) is 4.57 Å². The Kier molecular flexibility index (Phi) is 6.84. The van der Waals surface area contributed by atoms with Crippen LogP contribution >= 0.6 is 0 Å². The van der Waals surface area contributed by atoms with Crippen LogP contribution in [0.1, 0.15) is 0 Å². The molecular formula is C46H32N2. The zero-order chi connectivity index (χ0) is 31.9. The molecule has 0 fully saturated rings. The van der Waals surface area contributed by atoms with Crippen LogP contribution in [0.2, 0.25) is 0 Å². The molecule has 0 N–H and O–H groups in total. The Morgan fingerprint density at radius 2 is 0.896 bits per heavy atom. The minimum Gasteiger partial charge on any atom is -0.309 e. The highest BCUT2D eigenvalue weighted by Gasteiger charge is 2.23. The van der Waals surface area contributed by atoms with Gasteiger partial charge in [0.15, 0.2) is 0 Å². The summed E-state index contributed by atoms with van der Waals surface area (Å²) in [6.07, 6.45) is 0. The van der Waals surface area contributed by atoms with Crippen LogP contribution in [0.3, 0.4) is 0 Å². The monoisotopic (exact) mass is 612 g/mol. The van der Waals surface area contributed by atoms with Crippen LogP contribution in [-0.4, -0.2) is 4.57 Å². The molecule has 0 spiro atoms. The fourth-order valence-corrected chi connectivity index (χ4v) is 7.22. The third kappa shape index (κ3) is 4.66. The lowest BCUT2D eigenvalue weighted by molar-refractivity contribution is 1.18. The number of hydrogen-bond donors (Lipinski definition) is 0. The Morgan fingerprint density at radius 1 is 0.354 bits per heavy atom. The van der Waals surface area contributed by atoms with Crippen molar-refractivity contribution in [3.8, 4) is 27.9 Å². The Morgan fingerprint density at radius 3 is 1.62 bits per heavy atom. The van der Waals surface area contributed by atoms with Gasteiger partial charge in [0.05, 0.1) is 22.4 Å². The molecule has 0 unspecified atom stereocenters. The van der Waals surface area contributed by atoms with Crippen LogP contribution in [0.15, 0.2) is 194 Å². The molecule has 0 amide bonds. The average molecular weight is 613 g/mol. The molecule has 8 aromatic carbocycles. The second-order valence-electron chi connectivity index (χ2n) is 12.2. The summed E-state index contributed by atoms with van der Waals surface area (Å²) >= 11 is 0. The highest BCUT2D eigenvalue weighted by Crippen LogP contribution is 2.47. The molecule has 0 aliphatic carbocycles. The molecule has 0 radical (unpaired) electrons. The fourth-order valence-electron chi connectivity index (χ4n) is 7.22. The van der Waals surface area contributed by atoms with Gasteiger partial charge in [0.1, 0.15) is 0 Å². The molecular weight excluding hydrogens is 581 g/mol. The van der Waals surface area contributed by atoms with Crippen LogP contribution in [0, 0.1) is 0 Å². The summed E-state index contributed by atoms with van der Waals surface area (Å²) in [6, 6.07) is 69.9. The zero-order valence-corrected chi connectivity index (χ0v) is 26.4. The topological polar surface area (TPSA) is 8.17 Å². The molecule has 48 heavy (non-hydrogen) atoms. The lowest BCUT2D eigenvalue weighted by Crippen LogP contribution is -2.12. The summed E-state index contributed by atoms with van der Waals surface area (Å²) < 4.78 is 2.42. The van der Waals surface area contributed by atoms with E-state index >= 15 is 0 Å². The van der Waals surface area contributed by atoms with Gasteiger partial charge >= 0.3 is 0 Å². The van der Waals surface area contributed by atoms with Crippen molar-refractivity contribution in [2.45, 2.75) is 0 Å². The lowest BCUT2D eigenvalue weighted by Gasteiger charge is -2.29. The molecule has 1 heterocycles. The summed E-state index contributed by atoms with van der Waals surface area (Å²) in [5.41, 5.74) is 11.7. The van der Waals surface area contributed by atoms with Gasteiger partial charge in [0.2, 0.25) is 0 Å². The molecule has 0 aliphatic heterocycles. The molecule has 0 saturated heterocycles. The quantitative estimate of drug-likeness (QED) is 0.181. The maximum absolute atomic E-state index is 2.45. The van der Waals surface area contributed by atoms with Gasteiger partial charge < -0.3 is 9.47 Å². The smallest absolute Gasteiger partial charge is 0.0568 e. The third-order valence-corrected chi connectivity index (χ3v) is 9.37. The minimum atomic E-state index is 1.10. The molecule has 0 atom stereocenters. The van der Waals surface area contributed by atoms with Crippen LogP contribution < -0.4 is 4.90 Å². The first-order valence-corrected chi connectivity index (χ1v) is 16.5. The van der Waals surface area contributed by atoms with Gasteiger partial charge in [-0.25, -0.2) is 0 Å². The maximum atomic E-state index is 2.45. The predicted octanol–water partition coefficient (Wildman–Crippen LogP) is 12.7. The van der Waals surface area contributed by atoms with E-state index in [4.69, 9.17) is 0 Å². The Labute approximate surface area is 280 Å². The molecule has 0 aliphatic rings. The van der Waals surface area contributed by atoms with Gasteiger partial charge in [-0.1, -0.05) is 152 Å². The second kappa shape index (κ2) is 11.8. The van der Waals surface area contributed by atoms with E-state index in [0.29, 0.717) is 0 Å². The van der Waals surface area contributed by atoms with Gasteiger partial charge in [-0.05, 0) is 64.5 Å². The van der Waals surface area contributed by atoms with Crippen molar-refractivity contribution in [3.63, 3.8) is 0 Å². The second-order valence-corrected chi connectivity index (χ2v) is 12.2. The van der Waals surface area contributed by atoms with E-state index in [-0.39, 0.29) is 0 Å². The number of rotatable bonds is 6. The average Bonchev–Trinajstić information content (AvgIpc) is 3.51. The van der Waals surface area contributed by atoms with Crippen molar-refractivity contribution in [1.29, 1.82) is 0 Å². The van der Waals surface area contributed by atoms with E-state index in [1.807, 2.05) is 0 Å². The minimum absolute atomic E-state index is 1.10.